The van der Waals surface area contributed by atoms with Crippen LogP contribution in [0, 0.1) is 5.82 Å². The minimum atomic E-state index is -0.476. The largest absolute Gasteiger partial charge is 0.480 e. The number of hydrogen-bond donors (Lipinski definition) is 2. The lowest BCUT2D eigenvalue weighted by atomic mass is 10.2. The Labute approximate surface area is 171 Å². The lowest BCUT2D eigenvalue weighted by molar-refractivity contribution is 0.262. The van der Waals surface area contributed by atoms with Crippen LogP contribution in [0.3, 0.4) is 0 Å². The van der Waals surface area contributed by atoms with Gasteiger partial charge in [-0.05, 0) is 54.6 Å². The number of ether oxygens (including phenoxy) is 2. The van der Waals surface area contributed by atoms with E-state index in [2.05, 4.69) is 20.6 Å². The Morgan fingerprint density at radius 2 is 1.67 bits per heavy atom. The summed E-state index contributed by atoms with van der Waals surface area (Å²) in [5.74, 6) is 1.18. The summed E-state index contributed by atoms with van der Waals surface area (Å²) in [5.41, 5.74) is 2.31. The predicted octanol–water partition coefficient (Wildman–Crippen LogP) is 5.21. The quantitative estimate of drug-likeness (QED) is 0.477. The molecule has 1 heterocycles. The van der Waals surface area contributed by atoms with Gasteiger partial charge in [0.05, 0.1) is 24.3 Å². The van der Waals surface area contributed by atoms with Crippen molar-refractivity contribution >= 4 is 28.4 Å². The second-order valence-corrected chi connectivity index (χ2v) is 6.28. The van der Waals surface area contributed by atoms with Crippen molar-refractivity contribution in [3.05, 3.63) is 78.7 Å². The van der Waals surface area contributed by atoms with E-state index in [1.54, 1.807) is 48.7 Å². The maximum atomic E-state index is 13.2. The van der Waals surface area contributed by atoms with Crippen LogP contribution >= 0.6 is 0 Å². The number of aromatic nitrogens is 2. The number of nitrogens with one attached hydrogen (secondary N) is 2. The number of hydrogen-bond acceptors (Lipinski definition) is 5. The third-order valence-corrected chi connectivity index (χ3v) is 4.13. The third-order valence-electron chi connectivity index (χ3n) is 4.13. The fourth-order valence-electron chi connectivity index (χ4n) is 2.74. The highest BCUT2D eigenvalue weighted by Gasteiger charge is 2.06. The summed E-state index contributed by atoms with van der Waals surface area (Å²) in [5, 5.41) is 5.25. The van der Waals surface area contributed by atoms with Gasteiger partial charge in [-0.3, -0.25) is 0 Å². The minimum Gasteiger partial charge on any atom is -0.480 e. The Hall–Kier alpha value is -4.20. The van der Waals surface area contributed by atoms with Crippen molar-refractivity contribution in [3.8, 4) is 17.4 Å². The number of halogens is 1. The molecule has 8 heteroatoms. The highest BCUT2D eigenvalue weighted by atomic mass is 19.1. The monoisotopic (exact) mass is 404 g/mol. The van der Waals surface area contributed by atoms with E-state index in [0.717, 1.165) is 5.52 Å². The number of fused-ring (bicyclic) bond motifs is 1. The summed E-state index contributed by atoms with van der Waals surface area (Å²) in [6, 6.07) is 17.4. The molecule has 0 aliphatic carbocycles. The molecule has 3 aromatic carbocycles. The number of nitrogens with zero attached hydrogens (tertiary/aromatic N) is 2. The Kier molecular flexibility index (Phi) is 5.38. The SMILES string of the molecule is COc1cnc2ccc(Oc3ccc(NC(=O)Nc4cccc(F)c4)cc3)cc2n1. The molecular formula is C22H17FN4O3. The second kappa shape index (κ2) is 8.44. The lowest BCUT2D eigenvalue weighted by Gasteiger charge is -2.10. The van der Waals surface area contributed by atoms with E-state index in [9.17, 15) is 9.18 Å². The van der Waals surface area contributed by atoms with E-state index < -0.39 is 11.8 Å². The molecular weight excluding hydrogens is 387 g/mol. The van der Waals surface area contributed by atoms with Gasteiger partial charge in [-0.15, -0.1) is 0 Å². The maximum absolute atomic E-state index is 13.2. The number of rotatable bonds is 5. The van der Waals surface area contributed by atoms with Crippen LogP contribution < -0.4 is 20.1 Å². The van der Waals surface area contributed by atoms with Crippen molar-refractivity contribution < 1.29 is 18.7 Å². The molecule has 7 nitrogen and oxygen atoms in total. The first kappa shape index (κ1) is 19.1. The highest BCUT2D eigenvalue weighted by Crippen LogP contribution is 2.26. The van der Waals surface area contributed by atoms with Gasteiger partial charge in [0, 0.05) is 17.4 Å². The van der Waals surface area contributed by atoms with Crippen LogP contribution in [0.25, 0.3) is 11.0 Å². The first-order chi connectivity index (χ1) is 14.6. The first-order valence-electron chi connectivity index (χ1n) is 9.01. The van der Waals surface area contributed by atoms with Crippen LogP contribution in [0.2, 0.25) is 0 Å². The van der Waals surface area contributed by atoms with Crippen LogP contribution in [0.1, 0.15) is 0 Å². The zero-order valence-corrected chi connectivity index (χ0v) is 15.9. The van der Waals surface area contributed by atoms with Crippen molar-refractivity contribution in [2.75, 3.05) is 17.7 Å². The van der Waals surface area contributed by atoms with Crippen LogP contribution in [0.15, 0.2) is 72.9 Å². The number of urea groups is 1. The summed E-state index contributed by atoms with van der Waals surface area (Å²) in [6.07, 6.45) is 1.55. The molecule has 2 N–H and O–H groups in total. The number of amides is 2. The summed E-state index contributed by atoms with van der Waals surface area (Å²) in [6.45, 7) is 0. The second-order valence-electron chi connectivity index (χ2n) is 6.28. The summed E-state index contributed by atoms with van der Waals surface area (Å²) < 4.78 is 24.1. The number of methoxy groups -OCH3 is 1. The van der Waals surface area contributed by atoms with E-state index >= 15 is 0 Å². The Morgan fingerprint density at radius 1 is 0.900 bits per heavy atom. The molecule has 4 aromatic rings. The van der Waals surface area contributed by atoms with Crippen molar-refractivity contribution in [3.63, 3.8) is 0 Å². The van der Waals surface area contributed by atoms with Crippen molar-refractivity contribution in [2.24, 2.45) is 0 Å². The average Bonchev–Trinajstić information content (AvgIpc) is 2.74. The molecule has 0 fully saturated rings. The van der Waals surface area contributed by atoms with E-state index in [1.165, 1.54) is 25.3 Å². The smallest absolute Gasteiger partial charge is 0.323 e. The standard InChI is InChI=1S/C22H17FN4O3/c1-29-21-13-24-19-10-9-18(12-20(19)27-21)30-17-7-5-15(6-8-17)25-22(28)26-16-4-2-3-14(23)11-16/h2-13H,1H3,(H2,25,26,28). The van der Waals surface area contributed by atoms with Gasteiger partial charge >= 0.3 is 6.03 Å². The lowest BCUT2D eigenvalue weighted by Crippen LogP contribution is -2.19. The first-order valence-corrected chi connectivity index (χ1v) is 9.01. The number of anilines is 2. The normalized spacial score (nSPS) is 10.5. The van der Waals surface area contributed by atoms with Gasteiger partial charge in [-0.25, -0.2) is 19.2 Å². The molecule has 1 aromatic heterocycles. The minimum absolute atomic E-state index is 0.364. The fraction of sp³-hybridized carbons (Fsp3) is 0.0455. The number of benzene rings is 3. The molecule has 0 aliphatic rings. The van der Waals surface area contributed by atoms with Gasteiger partial charge in [0.25, 0.3) is 0 Å². The van der Waals surface area contributed by atoms with Crippen LogP contribution in [0.4, 0.5) is 20.6 Å². The molecule has 0 saturated heterocycles. The van der Waals surface area contributed by atoms with Crippen LogP contribution in [-0.2, 0) is 0 Å². The molecule has 4 rings (SSSR count). The molecule has 0 aliphatic heterocycles. The molecule has 2 amide bonds. The molecule has 0 radical (unpaired) electrons. The average molecular weight is 404 g/mol. The summed E-state index contributed by atoms with van der Waals surface area (Å²) >= 11 is 0. The number of carbonyl (C=O) groups excluding carboxylic acids is 1. The van der Waals surface area contributed by atoms with E-state index in [0.29, 0.717) is 34.3 Å². The van der Waals surface area contributed by atoms with Crippen molar-refractivity contribution in [2.45, 2.75) is 0 Å². The van der Waals surface area contributed by atoms with Gasteiger partial charge in [0.2, 0.25) is 5.88 Å². The Balaban J connectivity index is 1.41. The number of carbonyl (C=O) groups is 1. The predicted molar refractivity (Wildman–Crippen MR) is 112 cm³/mol. The van der Waals surface area contributed by atoms with Gasteiger partial charge < -0.3 is 20.1 Å². The van der Waals surface area contributed by atoms with Crippen LogP contribution in [-0.4, -0.2) is 23.1 Å². The van der Waals surface area contributed by atoms with Gasteiger partial charge in [-0.2, -0.15) is 0 Å². The fourth-order valence-corrected chi connectivity index (χ4v) is 2.74. The maximum Gasteiger partial charge on any atom is 0.323 e. The van der Waals surface area contributed by atoms with Gasteiger partial charge in [0.1, 0.15) is 17.3 Å². The molecule has 0 unspecified atom stereocenters. The van der Waals surface area contributed by atoms with Crippen LogP contribution in [0.5, 0.6) is 17.4 Å². The van der Waals surface area contributed by atoms with E-state index in [4.69, 9.17) is 9.47 Å². The highest BCUT2D eigenvalue weighted by molar-refractivity contribution is 5.99. The summed E-state index contributed by atoms with van der Waals surface area (Å²) in [4.78, 5) is 20.7. The van der Waals surface area contributed by atoms with E-state index in [-0.39, 0.29) is 0 Å². The Morgan fingerprint density at radius 3 is 2.43 bits per heavy atom. The molecule has 0 spiro atoms. The molecule has 150 valence electrons. The Bertz CT molecular complexity index is 1200. The molecule has 0 atom stereocenters. The van der Waals surface area contributed by atoms with E-state index in [1.807, 2.05) is 6.07 Å². The van der Waals surface area contributed by atoms with Gasteiger partial charge in [-0.1, -0.05) is 6.07 Å². The topological polar surface area (TPSA) is 85.4 Å². The zero-order chi connectivity index (χ0) is 20.9. The van der Waals surface area contributed by atoms with Crippen molar-refractivity contribution in [1.29, 1.82) is 0 Å². The summed E-state index contributed by atoms with van der Waals surface area (Å²) in [7, 11) is 1.53. The van der Waals surface area contributed by atoms with Crippen molar-refractivity contribution in [1.82, 2.24) is 9.97 Å². The molecule has 30 heavy (non-hydrogen) atoms. The molecule has 0 bridgehead atoms. The molecule has 0 saturated carbocycles. The van der Waals surface area contributed by atoms with Gasteiger partial charge in [0.15, 0.2) is 0 Å². The zero-order valence-electron chi connectivity index (χ0n) is 15.9. The third kappa shape index (κ3) is 4.61.